The van der Waals surface area contributed by atoms with E-state index >= 15 is 0 Å². The third-order valence-electron chi connectivity index (χ3n) is 3.03. The van der Waals surface area contributed by atoms with Gasteiger partial charge in [-0.05, 0) is 19.4 Å². The molecule has 0 atom stereocenters. The molecule has 1 aromatic heterocycles. The van der Waals surface area contributed by atoms with Gasteiger partial charge in [-0.2, -0.15) is 0 Å². The molecule has 3 nitrogen and oxygen atoms in total. The molecule has 0 radical (unpaired) electrons. The zero-order chi connectivity index (χ0) is 11.1. The first-order valence-electron chi connectivity index (χ1n) is 5.60. The second-order valence-electron chi connectivity index (χ2n) is 4.41. The topological polar surface area (TPSA) is 40.7 Å². The number of aromatic nitrogens is 2. The number of hydrogen-bond acceptors (Lipinski definition) is 2. The average Bonchev–Trinajstić information content (AvgIpc) is 2.52. The SMILES string of the molecule is Cc1ccc2c(c1)CNCc1[nH]c(C)nc1-2. The largest absolute Gasteiger partial charge is 0.345 e. The summed E-state index contributed by atoms with van der Waals surface area (Å²) in [6, 6.07) is 6.57. The normalized spacial score (nSPS) is 14.1. The monoisotopic (exact) mass is 213 g/mol. The quantitative estimate of drug-likeness (QED) is 0.705. The molecule has 0 unspecified atom stereocenters. The van der Waals surface area contributed by atoms with Gasteiger partial charge in [-0.15, -0.1) is 0 Å². The fraction of sp³-hybridized carbons (Fsp3) is 0.308. The van der Waals surface area contributed by atoms with Crippen molar-refractivity contribution >= 4 is 0 Å². The van der Waals surface area contributed by atoms with Crippen molar-refractivity contribution in [1.29, 1.82) is 0 Å². The zero-order valence-electron chi connectivity index (χ0n) is 9.59. The van der Waals surface area contributed by atoms with Crippen LogP contribution in [0, 0.1) is 13.8 Å². The highest BCUT2D eigenvalue weighted by atomic mass is 15.0. The van der Waals surface area contributed by atoms with Gasteiger partial charge in [-0.3, -0.25) is 0 Å². The molecular weight excluding hydrogens is 198 g/mol. The summed E-state index contributed by atoms with van der Waals surface area (Å²) in [5, 5.41) is 3.43. The predicted molar refractivity (Wildman–Crippen MR) is 64.0 cm³/mol. The van der Waals surface area contributed by atoms with Crippen LogP contribution in [-0.4, -0.2) is 9.97 Å². The van der Waals surface area contributed by atoms with Crippen LogP contribution in [-0.2, 0) is 13.1 Å². The van der Waals surface area contributed by atoms with E-state index in [1.807, 2.05) is 6.92 Å². The molecule has 1 aromatic carbocycles. The first kappa shape index (κ1) is 9.60. The molecule has 0 saturated carbocycles. The highest BCUT2D eigenvalue weighted by Gasteiger charge is 2.17. The molecule has 3 rings (SSSR count). The zero-order valence-corrected chi connectivity index (χ0v) is 9.59. The molecule has 0 spiro atoms. The minimum absolute atomic E-state index is 0.865. The first-order valence-corrected chi connectivity index (χ1v) is 5.60. The van der Waals surface area contributed by atoms with E-state index in [9.17, 15) is 0 Å². The van der Waals surface area contributed by atoms with E-state index in [2.05, 4.69) is 40.4 Å². The van der Waals surface area contributed by atoms with Crippen molar-refractivity contribution in [2.24, 2.45) is 0 Å². The summed E-state index contributed by atoms with van der Waals surface area (Å²) < 4.78 is 0. The Hall–Kier alpha value is -1.61. The van der Waals surface area contributed by atoms with Crippen molar-refractivity contribution in [3.05, 3.63) is 40.8 Å². The molecular formula is C13H15N3. The minimum atomic E-state index is 0.865. The number of hydrogen-bond donors (Lipinski definition) is 2. The number of H-pyrrole nitrogens is 1. The lowest BCUT2D eigenvalue weighted by Gasteiger charge is -2.05. The lowest BCUT2D eigenvalue weighted by Crippen LogP contribution is -2.11. The Morgan fingerprint density at radius 3 is 2.94 bits per heavy atom. The molecule has 1 aliphatic heterocycles. The van der Waals surface area contributed by atoms with Crippen LogP contribution in [0.2, 0.25) is 0 Å². The van der Waals surface area contributed by atoms with Gasteiger partial charge in [0.25, 0.3) is 0 Å². The van der Waals surface area contributed by atoms with Crippen LogP contribution in [0.25, 0.3) is 11.3 Å². The molecule has 3 heteroatoms. The molecule has 0 saturated heterocycles. The van der Waals surface area contributed by atoms with Crippen LogP contribution in [0.5, 0.6) is 0 Å². The third kappa shape index (κ3) is 1.44. The summed E-state index contributed by atoms with van der Waals surface area (Å²) in [6.07, 6.45) is 0. The van der Waals surface area contributed by atoms with Crippen molar-refractivity contribution < 1.29 is 0 Å². The Morgan fingerprint density at radius 2 is 2.06 bits per heavy atom. The van der Waals surface area contributed by atoms with Crippen LogP contribution in [0.15, 0.2) is 18.2 Å². The molecule has 1 aliphatic rings. The first-order chi connectivity index (χ1) is 7.74. The van der Waals surface area contributed by atoms with Gasteiger partial charge >= 0.3 is 0 Å². The maximum absolute atomic E-state index is 4.59. The van der Waals surface area contributed by atoms with E-state index in [4.69, 9.17) is 0 Å². The molecule has 0 fully saturated rings. The second kappa shape index (κ2) is 3.46. The van der Waals surface area contributed by atoms with Crippen molar-refractivity contribution in [2.75, 3.05) is 0 Å². The Labute approximate surface area is 94.9 Å². The Morgan fingerprint density at radius 1 is 1.19 bits per heavy atom. The van der Waals surface area contributed by atoms with Gasteiger partial charge in [0.1, 0.15) is 5.82 Å². The van der Waals surface area contributed by atoms with Crippen molar-refractivity contribution in [2.45, 2.75) is 26.9 Å². The number of rotatable bonds is 0. The molecule has 2 aromatic rings. The van der Waals surface area contributed by atoms with Crippen LogP contribution >= 0.6 is 0 Å². The summed E-state index contributed by atoms with van der Waals surface area (Å²) in [5.74, 6) is 0.986. The minimum Gasteiger partial charge on any atom is -0.345 e. The summed E-state index contributed by atoms with van der Waals surface area (Å²) in [6.45, 7) is 5.91. The molecule has 16 heavy (non-hydrogen) atoms. The fourth-order valence-corrected chi connectivity index (χ4v) is 2.31. The van der Waals surface area contributed by atoms with E-state index in [1.165, 1.54) is 22.4 Å². The number of nitrogens with one attached hydrogen (secondary N) is 2. The number of fused-ring (bicyclic) bond motifs is 3. The summed E-state index contributed by atoms with van der Waals surface area (Å²) >= 11 is 0. The third-order valence-corrected chi connectivity index (χ3v) is 3.03. The smallest absolute Gasteiger partial charge is 0.103 e. The lowest BCUT2D eigenvalue weighted by molar-refractivity contribution is 0.691. The number of aromatic amines is 1. The highest BCUT2D eigenvalue weighted by Crippen LogP contribution is 2.28. The Bertz CT molecular complexity index is 540. The van der Waals surface area contributed by atoms with Crippen LogP contribution in [0.4, 0.5) is 0 Å². The van der Waals surface area contributed by atoms with Crippen molar-refractivity contribution in [3.8, 4) is 11.3 Å². The maximum Gasteiger partial charge on any atom is 0.103 e. The van der Waals surface area contributed by atoms with Gasteiger partial charge in [-0.1, -0.05) is 23.8 Å². The molecule has 0 aliphatic carbocycles. The van der Waals surface area contributed by atoms with Gasteiger partial charge in [0.15, 0.2) is 0 Å². The maximum atomic E-state index is 4.59. The number of imidazole rings is 1. The number of aryl methyl sites for hydroxylation is 2. The van der Waals surface area contributed by atoms with E-state index in [0.29, 0.717) is 0 Å². The standard InChI is InChI=1S/C13H15N3/c1-8-3-4-11-10(5-8)6-14-7-12-13(11)16-9(2)15-12/h3-5,14H,6-7H2,1-2H3,(H,15,16). The molecule has 82 valence electrons. The molecule has 0 amide bonds. The average molecular weight is 213 g/mol. The van der Waals surface area contributed by atoms with Gasteiger partial charge < -0.3 is 10.3 Å². The molecule has 0 bridgehead atoms. The highest BCUT2D eigenvalue weighted by molar-refractivity contribution is 5.67. The van der Waals surface area contributed by atoms with Crippen molar-refractivity contribution in [3.63, 3.8) is 0 Å². The Kier molecular flexibility index (Phi) is 2.07. The van der Waals surface area contributed by atoms with Gasteiger partial charge in [0, 0.05) is 18.7 Å². The number of nitrogens with zero attached hydrogens (tertiary/aromatic N) is 1. The van der Waals surface area contributed by atoms with Crippen LogP contribution < -0.4 is 5.32 Å². The van der Waals surface area contributed by atoms with Gasteiger partial charge in [0.05, 0.1) is 11.4 Å². The van der Waals surface area contributed by atoms with Crippen LogP contribution in [0.3, 0.4) is 0 Å². The van der Waals surface area contributed by atoms with Gasteiger partial charge in [0.2, 0.25) is 0 Å². The van der Waals surface area contributed by atoms with Crippen molar-refractivity contribution in [1.82, 2.24) is 15.3 Å². The Balaban J connectivity index is 2.24. The van der Waals surface area contributed by atoms with E-state index in [-0.39, 0.29) is 0 Å². The molecule has 2 heterocycles. The van der Waals surface area contributed by atoms with E-state index < -0.39 is 0 Å². The predicted octanol–water partition coefficient (Wildman–Crippen LogP) is 2.30. The van der Waals surface area contributed by atoms with Gasteiger partial charge in [-0.25, -0.2) is 4.98 Å². The van der Waals surface area contributed by atoms with E-state index in [1.54, 1.807) is 0 Å². The fourth-order valence-electron chi connectivity index (χ4n) is 2.31. The second-order valence-corrected chi connectivity index (χ2v) is 4.41. The lowest BCUT2D eigenvalue weighted by atomic mass is 10.0. The number of benzene rings is 1. The summed E-state index contributed by atoms with van der Waals surface area (Å²) in [4.78, 5) is 7.91. The molecule has 2 N–H and O–H groups in total. The summed E-state index contributed by atoms with van der Waals surface area (Å²) in [5.41, 5.74) is 6.20. The van der Waals surface area contributed by atoms with Crippen LogP contribution in [0.1, 0.15) is 22.6 Å². The summed E-state index contributed by atoms with van der Waals surface area (Å²) in [7, 11) is 0. The van der Waals surface area contributed by atoms with E-state index in [0.717, 1.165) is 24.6 Å².